The van der Waals surface area contributed by atoms with Crippen LogP contribution in [-0.2, 0) is 9.53 Å². The molecule has 0 saturated heterocycles. The van der Waals surface area contributed by atoms with Crippen LogP contribution >= 0.6 is 0 Å². The number of carbonyl (C=O) groups is 2. The van der Waals surface area contributed by atoms with Crippen LogP contribution in [-0.4, -0.2) is 18.6 Å². The first-order valence-electron chi connectivity index (χ1n) is 3.66. The number of alkyl carbamates (subject to hydrolysis) is 1. The average molecular weight is 171 g/mol. The maximum atomic E-state index is 10.7. The number of ether oxygens (including phenoxy) is 1. The first-order valence-corrected chi connectivity index (χ1v) is 3.66. The van der Waals surface area contributed by atoms with E-state index in [1.807, 2.05) is 19.2 Å². The lowest BCUT2D eigenvalue weighted by Gasteiger charge is -2.05. The Bertz CT molecular complexity index is 187. The molecule has 0 spiro atoms. The van der Waals surface area contributed by atoms with Gasteiger partial charge in [0.2, 0.25) is 0 Å². The molecule has 1 N–H and O–H groups in total. The van der Waals surface area contributed by atoms with Crippen LogP contribution in [0.2, 0.25) is 0 Å². The fourth-order valence-corrected chi connectivity index (χ4v) is 0.430. The van der Waals surface area contributed by atoms with Crippen molar-refractivity contribution in [3.05, 3.63) is 12.7 Å². The second-order valence-electron chi connectivity index (χ2n) is 2.69. The van der Waals surface area contributed by atoms with E-state index in [1.165, 1.54) is 0 Å². The quantitative estimate of drug-likeness (QED) is 0.646. The summed E-state index contributed by atoms with van der Waals surface area (Å²) in [5.41, 5.74) is 0. The Hall–Kier alpha value is -1.32. The molecule has 0 radical (unpaired) electrons. The Balaban J connectivity index is 3.60. The van der Waals surface area contributed by atoms with Crippen molar-refractivity contribution in [2.75, 3.05) is 6.61 Å². The number of hydrogen-bond donors (Lipinski definition) is 1. The molecule has 0 aromatic heterocycles. The van der Waals surface area contributed by atoms with E-state index in [9.17, 15) is 9.59 Å². The van der Waals surface area contributed by atoms with E-state index < -0.39 is 12.0 Å². The molecule has 4 heteroatoms. The normalized spacial score (nSPS) is 9.25. The van der Waals surface area contributed by atoms with E-state index >= 15 is 0 Å². The van der Waals surface area contributed by atoms with Crippen molar-refractivity contribution in [3.8, 4) is 0 Å². The molecule has 2 amide bonds. The van der Waals surface area contributed by atoms with E-state index in [1.54, 1.807) is 0 Å². The van der Waals surface area contributed by atoms with Gasteiger partial charge in [-0.2, -0.15) is 0 Å². The molecule has 0 aliphatic heterocycles. The minimum Gasteiger partial charge on any atom is -0.449 e. The highest BCUT2D eigenvalue weighted by atomic mass is 16.5. The number of carbonyl (C=O) groups excluding carboxylic acids is 2. The summed E-state index contributed by atoms with van der Waals surface area (Å²) in [7, 11) is 0. The van der Waals surface area contributed by atoms with E-state index in [0.717, 1.165) is 6.08 Å². The van der Waals surface area contributed by atoms with Gasteiger partial charge in [-0.1, -0.05) is 20.4 Å². The Labute approximate surface area is 71.6 Å². The predicted octanol–water partition coefficient (Wildman–Crippen LogP) is 1.08. The van der Waals surface area contributed by atoms with Gasteiger partial charge >= 0.3 is 6.09 Å². The van der Waals surface area contributed by atoms with E-state index in [4.69, 9.17) is 0 Å². The van der Waals surface area contributed by atoms with Gasteiger partial charge in [0, 0.05) is 0 Å². The van der Waals surface area contributed by atoms with E-state index in [2.05, 4.69) is 11.3 Å². The van der Waals surface area contributed by atoms with Crippen LogP contribution < -0.4 is 5.32 Å². The standard InChI is InChI=1S/C8H13NO3/c1-4-7(10)9-8(11)12-5-6(2)3/h4,6H,1,5H2,2-3H3,(H,9,10,11). The van der Waals surface area contributed by atoms with Crippen molar-refractivity contribution in [3.63, 3.8) is 0 Å². The van der Waals surface area contributed by atoms with Gasteiger partial charge in [-0.25, -0.2) is 4.79 Å². The summed E-state index contributed by atoms with van der Waals surface area (Å²) in [4.78, 5) is 21.3. The summed E-state index contributed by atoms with van der Waals surface area (Å²) < 4.78 is 4.66. The molecule has 0 bridgehead atoms. The minimum atomic E-state index is -0.728. The molecule has 0 aromatic rings. The number of rotatable bonds is 3. The van der Waals surface area contributed by atoms with E-state index in [-0.39, 0.29) is 5.92 Å². The van der Waals surface area contributed by atoms with Crippen molar-refractivity contribution < 1.29 is 14.3 Å². The van der Waals surface area contributed by atoms with Crippen LogP contribution in [0.25, 0.3) is 0 Å². The van der Waals surface area contributed by atoms with Crippen LogP contribution in [0, 0.1) is 5.92 Å². The topological polar surface area (TPSA) is 55.4 Å². The van der Waals surface area contributed by atoms with Gasteiger partial charge in [0.15, 0.2) is 0 Å². The lowest BCUT2D eigenvalue weighted by atomic mass is 10.2. The van der Waals surface area contributed by atoms with Gasteiger partial charge in [-0.15, -0.1) is 0 Å². The molecular formula is C8H13NO3. The lowest BCUT2D eigenvalue weighted by Crippen LogP contribution is -2.30. The Morgan fingerprint density at radius 2 is 2.17 bits per heavy atom. The zero-order chi connectivity index (χ0) is 9.56. The molecule has 0 atom stereocenters. The zero-order valence-corrected chi connectivity index (χ0v) is 7.29. The monoisotopic (exact) mass is 171 g/mol. The highest BCUT2D eigenvalue weighted by molar-refractivity contribution is 5.98. The fraction of sp³-hybridized carbons (Fsp3) is 0.500. The summed E-state index contributed by atoms with van der Waals surface area (Å²) >= 11 is 0. The second-order valence-corrected chi connectivity index (χ2v) is 2.69. The molecule has 0 aliphatic rings. The van der Waals surface area contributed by atoms with Crippen LogP contribution in [0.3, 0.4) is 0 Å². The van der Waals surface area contributed by atoms with Crippen molar-refractivity contribution in [1.29, 1.82) is 0 Å². The molecule has 0 rings (SSSR count). The van der Waals surface area contributed by atoms with E-state index in [0.29, 0.717) is 6.61 Å². The number of nitrogens with one attached hydrogen (secondary N) is 1. The molecule has 68 valence electrons. The van der Waals surface area contributed by atoms with Crippen LogP contribution in [0.15, 0.2) is 12.7 Å². The predicted molar refractivity (Wildman–Crippen MR) is 44.5 cm³/mol. The molecule has 0 unspecified atom stereocenters. The summed E-state index contributed by atoms with van der Waals surface area (Å²) in [5.74, 6) is -0.293. The first-order chi connectivity index (χ1) is 5.56. The molecule has 0 aromatic carbocycles. The summed E-state index contributed by atoms with van der Waals surface area (Å²) in [6.07, 6.45) is 0.282. The maximum absolute atomic E-state index is 10.7. The van der Waals surface area contributed by atoms with Gasteiger partial charge < -0.3 is 4.74 Å². The van der Waals surface area contributed by atoms with Gasteiger partial charge in [0.05, 0.1) is 6.61 Å². The third kappa shape index (κ3) is 5.46. The summed E-state index contributed by atoms with van der Waals surface area (Å²) in [5, 5.41) is 1.97. The lowest BCUT2D eigenvalue weighted by molar-refractivity contribution is -0.115. The Morgan fingerprint density at radius 1 is 1.58 bits per heavy atom. The van der Waals surface area contributed by atoms with Crippen LogP contribution in [0.5, 0.6) is 0 Å². The van der Waals surface area contributed by atoms with Gasteiger partial charge in [0.1, 0.15) is 0 Å². The van der Waals surface area contributed by atoms with Gasteiger partial charge in [0.25, 0.3) is 5.91 Å². The Morgan fingerprint density at radius 3 is 2.58 bits per heavy atom. The van der Waals surface area contributed by atoms with Crippen molar-refractivity contribution in [2.45, 2.75) is 13.8 Å². The average Bonchev–Trinajstić information content (AvgIpc) is 2.00. The second kappa shape index (κ2) is 5.35. The number of hydrogen-bond acceptors (Lipinski definition) is 3. The van der Waals surface area contributed by atoms with Crippen LogP contribution in [0.4, 0.5) is 4.79 Å². The SMILES string of the molecule is C=CC(=O)NC(=O)OCC(C)C. The molecule has 0 fully saturated rings. The van der Waals surface area contributed by atoms with Crippen molar-refractivity contribution in [2.24, 2.45) is 5.92 Å². The van der Waals surface area contributed by atoms with Crippen molar-refractivity contribution >= 4 is 12.0 Å². The minimum absolute atomic E-state index is 0.259. The molecule has 0 saturated carbocycles. The molecule has 0 heterocycles. The van der Waals surface area contributed by atoms with Gasteiger partial charge in [-0.05, 0) is 12.0 Å². The highest BCUT2D eigenvalue weighted by Crippen LogP contribution is 1.92. The van der Waals surface area contributed by atoms with Crippen LogP contribution in [0.1, 0.15) is 13.8 Å². The van der Waals surface area contributed by atoms with Crippen molar-refractivity contribution in [1.82, 2.24) is 5.32 Å². The zero-order valence-electron chi connectivity index (χ0n) is 7.29. The molecule has 12 heavy (non-hydrogen) atoms. The molecular weight excluding hydrogens is 158 g/mol. The molecule has 0 aliphatic carbocycles. The number of amides is 2. The largest absolute Gasteiger partial charge is 0.449 e. The third-order valence-electron chi connectivity index (χ3n) is 0.958. The van der Waals surface area contributed by atoms with Gasteiger partial charge in [-0.3, -0.25) is 10.1 Å². The summed E-state index contributed by atoms with van der Waals surface area (Å²) in [6.45, 7) is 7.30. The third-order valence-corrected chi connectivity index (χ3v) is 0.958. The fourth-order valence-electron chi connectivity index (χ4n) is 0.430. The molecule has 4 nitrogen and oxygen atoms in total. The highest BCUT2D eigenvalue weighted by Gasteiger charge is 2.05. The first kappa shape index (κ1) is 10.7. The smallest absolute Gasteiger partial charge is 0.414 e. The maximum Gasteiger partial charge on any atom is 0.414 e. The number of imide groups is 1. The Kier molecular flexibility index (Phi) is 4.76. The summed E-state index contributed by atoms with van der Waals surface area (Å²) in [6, 6.07) is 0.